The highest BCUT2D eigenvalue weighted by atomic mass is 16.3. The Morgan fingerprint density at radius 3 is 2.78 bits per heavy atom. The van der Waals surface area contributed by atoms with Crippen LogP contribution in [0.5, 0.6) is 5.75 Å². The van der Waals surface area contributed by atoms with Crippen LogP contribution in [-0.2, 0) is 0 Å². The topological polar surface area (TPSA) is 45.2 Å². The number of pyridine rings is 1. The highest BCUT2D eigenvalue weighted by molar-refractivity contribution is 5.92. The van der Waals surface area contributed by atoms with Gasteiger partial charge in [0, 0.05) is 23.3 Å². The fourth-order valence-corrected chi connectivity index (χ4v) is 2.73. The number of rotatable bonds is 2. The van der Waals surface area contributed by atoms with Gasteiger partial charge < -0.3 is 10.4 Å². The van der Waals surface area contributed by atoms with Gasteiger partial charge in [-0.25, -0.2) is 0 Å². The molecule has 0 bridgehead atoms. The molecular formula is C15H18N2O. The van der Waals surface area contributed by atoms with Gasteiger partial charge in [0.25, 0.3) is 0 Å². The number of nitrogens with zero attached hydrogens (tertiary/aromatic N) is 1. The lowest BCUT2D eigenvalue weighted by atomic mass is 9.95. The first-order valence-corrected chi connectivity index (χ1v) is 6.67. The first kappa shape index (κ1) is 11.3. The largest absolute Gasteiger partial charge is 0.508 e. The predicted molar refractivity (Wildman–Crippen MR) is 73.9 cm³/mol. The van der Waals surface area contributed by atoms with Crippen LogP contribution >= 0.6 is 0 Å². The third-order valence-electron chi connectivity index (χ3n) is 3.69. The quantitative estimate of drug-likeness (QED) is 0.844. The summed E-state index contributed by atoms with van der Waals surface area (Å²) in [4.78, 5) is 4.32. The van der Waals surface area contributed by atoms with Crippen molar-refractivity contribution in [2.45, 2.75) is 38.1 Å². The molecule has 94 valence electrons. The van der Waals surface area contributed by atoms with Crippen LogP contribution in [0.1, 0.15) is 32.1 Å². The predicted octanol–water partition coefficient (Wildman–Crippen LogP) is 3.69. The summed E-state index contributed by atoms with van der Waals surface area (Å²) >= 11 is 0. The number of anilines is 1. The molecular weight excluding hydrogens is 224 g/mol. The highest BCUT2D eigenvalue weighted by Crippen LogP contribution is 2.28. The molecule has 1 aliphatic rings. The first-order valence-electron chi connectivity index (χ1n) is 6.67. The van der Waals surface area contributed by atoms with E-state index in [9.17, 15) is 5.11 Å². The Morgan fingerprint density at radius 2 is 1.94 bits per heavy atom. The smallest absolute Gasteiger partial charge is 0.116 e. The molecule has 0 atom stereocenters. The van der Waals surface area contributed by atoms with Crippen LogP contribution in [0.4, 0.5) is 5.69 Å². The standard InChI is InChI=1S/C15H18N2O/c18-12-6-7-14-13(10-12)15(8-9-16-14)17-11-4-2-1-3-5-11/h6-11,18H,1-5H2,(H,16,17). The summed E-state index contributed by atoms with van der Waals surface area (Å²) in [5, 5.41) is 14.2. The Labute approximate surface area is 107 Å². The van der Waals surface area contributed by atoms with Gasteiger partial charge in [-0.1, -0.05) is 19.3 Å². The minimum atomic E-state index is 0.294. The zero-order valence-corrected chi connectivity index (χ0v) is 10.4. The van der Waals surface area contributed by atoms with E-state index in [-0.39, 0.29) is 0 Å². The number of aromatic nitrogens is 1. The van der Waals surface area contributed by atoms with Crippen molar-refractivity contribution in [3.8, 4) is 5.75 Å². The average Bonchev–Trinajstić information content (AvgIpc) is 2.41. The van der Waals surface area contributed by atoms with Crippen LogP contribution in [0.3, 0.4) is 0 Å². The Balaban J connectivity index is 1.92. The maximum absolute atomic E-state index is 9.60. The fourth-order valence-electron chi connectivity index (χ4n) is 2.73. The monoisotopic (exact) mass is 242 g/mol. The molecule has 3 heteroatoms. The van der Waals surface area contributed by atoms with Crippen molar-refractivity contribution in [2.24, 2.45) is 0 Å². The molecule has 2 N–H and O–H groups in total. The summed E-state index contributed by atoms with van der Waals surface area (Å²) in [5.74, 6) is 0.294. The zero-order chi connectivity index (χ0) is 12.4. The number of aromatic hydroxyl groups is 1. The highest BCUT2D eigenvalue weighted by Gasteiger charge is 2.14. The van der Waals surface area contributed by atoms with Crippen LogP contribution in [0.2, 0.25) is 0 Å². The molecule has 3 nitrogen and oxygen atoms in total. The van der Waals surface area contributed by atoms with Crippen molar-refractivity contribution < 1.29 is 5.11 Å². The number of fused-ring (bicyclic) bond motifs is 1. The molecule has 1 heterocycles. The second-order valence-electron chi connectivity index (χ2n) is 5.04. The van der Waals surface area contributed by atoms with E-state index in [4.69, 9.17) is 0 Å². The van der Waals surface area contributed by atoms with Gasteiger partial charge in [0.15, 0.2) is 0 Å². The van der Waals surface area contributed by atoms with E-state index in [0.29, 0.717) is 11.8 Å². The third-order valence-corrected chi connectivity index (χ3v) is 3.69. The van der Waals surface area contributed by atoms with Crippen molar-refractivity contribution in [1.29, 1.82) is 0 Å². The van der Waals surface area contributed by atoms with Gasteiger partial charge in [-0.3, -0.25) is 4.98 Å². The summed E-state index contributed by atoms with van der Waals surface area (Å²) in [6, 6.07) is 7.88. The van der Waals surface area contributed by atoms with Crippen LogP contribution in [0.25, 0.3) is 10.9 Å². The Bertz CT molecular complexity index is 547. The molecule has 0 spiro atoms. The number of hydrogen-bond donors (Lipinski definition) is 2. The number of nitrogens with one attached hydrogen (secondary N) is 1. The number of phenols is 1. The number of phenolic OH excluding ortho intramolecular Hbond substituents is 1. The van der Waals surface area contributed by atoms with Crippen molar-refractivity contribution in [2.75, 3.05) is 5.32 Å². The van der Waals surface area contributed by atoms with Crippen LogP contribution in [0, 0.1) is 0 Å². The van der Waals surface area contributed by atoms with Crippen LogP contribution in [0.15, 0.2) is 30.5 Å². The van der Waals surface area contributed by atoms with E-state index in [1.807, 2.05) is 18.3 Å². The normalized spacial score (nSPS) is 16.9. The Hall–Kier alpha value is -1.77. The molecule has 0 amide bonds. The first-order chi connectivity index (χ1) is 8.83. The van der Waals surface area contributed by atoms with Crippen LogP contribution in [-0.4, -0.2) is 16.1 Å². The van der Waals surface area contributed by atoms with Gasteiger partial charge in [-0.05, 0) is 37.1 Å². The van der Waals surface area contributed by atoms with Gasteiger partial charge in [-0.2, -0.15) is 0 Å². The summed E-state index contributed by atoms with van der Waals surface area (Å²) in [6.07, 6.45) is 8.28. The molecule has 1 aromatic carbocycles. The fraction of sp³-hybridized carbons (Fsp3) is 0.400. The second kappa shape index (κ2) is 4.84. The number of benzene rings is 1. The second-order valence-corrected chi connectivity index (χ2v) is 5.04. The molecule has 0 unspecified atom stereocenters. The zero-order valence-electron chi connectivity index (χ0n) is 10.4. The average molecular weight is 242 g/mol. The molecule has 0 saturated heterocycles. The summed E-state index contributed by atoms with van der Waals surface area (Å²) < 4.78 is 0. The molecule has 0 radical (unpaired) electrons. The molecule has 1 aliphatic carbocycles. The van der Waals surface area contributed by atoms with Gasteiger partial charge >= 0.3 is 0 Å². The minimum Gasteiger partial charge on any atom is -0.508 e. The van der Waals surface area contributed by atoms with Crippen molar-refractivity contribution >= 4 is 16.6 Å². The molecule has 3 rings (SSSR count). The molecule has 0 aliphatic heterocycles. The molecule has 1 fully saturated rings. The summed E-state index contributed by atoms with van der Waals surface area (Å²) in [6.45, 7) is 0. The van der Waals surface area contributed by atoms with Crippen LogP contribution < -0.4 is 5.32 Å². The molecule has 1 saturated carbocycles. The van der Waals surface area contributed by atoms with Gasteiger partial charge in [0.2, 0.25) is 0 Å². The maximum atomic E-state index is 9.60. The Kier molecular flexibility index (Phi) is 3.05. The minimum absolute atomic E-state index is 0.294. The van der Waals surface area contributed by atoms with Crippen molar-refractivity contribution in [1.82, 2.24) is 4.98 Å². The van der Waals surface area contributed by atoms with E-state index in [2.05, 4.69) is 10.3 Å². The molecule has 1 aromatic heterocycles. The Morgan fingerprint density at radius 1 is 1.11 bits per heavy atom. The van der Waals surface area contributed by atoms with E-state index >= 15 is 0 Å². The summed E-state index contributed by atoms with van der Waals surface area (Å²) in [5.41, 5.74) is 2.01. The van der Waals surface area contributed by atoms with E-state index in [1.54, 1.807) is 12.1 Å². The lowest BCUT2D eigenvalue weighted by molar-refractivity contribution is 0.463. The van der Waals surface area contributed by atoms with Gasteiger partial charge in [0.1, 0.15) is 5.75 Å². The molecule has 18 heavy (non-hydrogen) atoms. The van der Waals surface area contributed by atoms with Gasteiger partial charge in [-0.15, -0.1) is 0 Å². The van der Waals surface area contributed by atoms with E-state index in [0.717, 1.165) is 16.6 Å². The lowest BCUT2D eigenvalue weighted by Crippen LogP contribution is -2.22. The maximum Gasteiger partial charge on any atom is 0.116 e. The van der Waals surface area contributed by atoms with E-state index in [1.165, 1.54) is 32.1 Å². The SMILES string of the molecule is Oc1ccc2nccc(NC3CCCCC3)c2c1. The lowest BCUT2D eigenvalue weighted by Gasteiger charge is -2.24. The van der Waals surface area contributed by atoms with Gasteiger partial charge in [0.05, 0.1) is 5.52 Å². The summed E-state index contributed by atoms with van der Waals surface area (Å²) in [7, 11) is 0. The third kappa shape index (κ3) is 2.26. The van der Waals surface area contributed by atoms with Crippen molar-refractivity contribution in [3.63, 3.8) is 0 Å². The molecule has 2 aromatic rings. The number of hydrogen-bond acceptors (Lipinski definition) is 3. The van der Waals surface area contributed by atoms with E-state index < -0.39 is 0 Å². The van der Waals surface area contributed by atoms with Crippen molar-refractivity contribution in [3.05, 3.63) is 30.5 Å².